The van der Waals surface area contributed by atoms with Crippen molar-refractivity contribution < 1.29 is 9.90 Å². The second-order valence-corrected chi connectivity index (χ2v) is 5.93. The Bertz CT molecular complexity index is 475. The molecule has 1 aliphatic rings. The summed E-state index contributed by atoms with van der Waals surface area (Å²) in [5.74, 6) is 0.314. The molecular weight excluding hydrogens is 262 g/mol. The smallest absolute Gasteiger partial charge is 0.337 e. The average molecular weight is 282 g/mol. The highest BCUT2D eigenvalue weighted by molar-refractivity contribution is 6.33. The molecule has 104 valence electrons. The van der Waals surface area contributed by atoms with Gasteiger partial charge in [-0.1, -0.05) is 38.3 Å². The summed E-state index contributed by atoms with van der Waals surface area (Å²) >= 11 is 5.88. The molecule has 0 aromatic heterocycles. The highest BCUT2D eigenvalue weighted by Crippen LogP contribution is 2.32. The van der Waals surface area contributed by atoms with Crippen LogP contribution in [0.4, 0.5) is 5.69 Å². The van der Waals surface area contributed by atoms with E-state index in [1.54, 1.807) is 12.1 Å². The number of anilines is 1. The lowest BCUT2D eigenvalue weighted by molar-refractivity contribution is 0.0697. The Morgan fingerprint density at radius 1 is 1.37 bits per heavy atom. The monoisotopic (exact) mass is 281 g/mol. The van der Waals surface area contributed by atoms with E-state index >= 15 is 0 Å². The summed E-state index contributed by atoms with van der Waals surface area (Å²) in [5.41, 5.74) is 0.996. The zero-order chi connectivity index (χ0) is 14.0. The van der Waals surface area contributed by atoms with Crippen molar-refractivity contribution in [1.82, 2.24) is 0 Å². The van der Waals surface area contributed by atoms with Crippen molar-refractivity contribution in [3.8, 4) is 0 Å². The number of hydrogen-bond acceptors (Lipinski definition) is 2. The van der Waals surface area contributed by atoms with Gasteiger partial charge in [0.25, 0.3) is 0 Å². The molecule has 3 atom stereocenters. The normalized spacial score (nSPS) is 27.0. The average Bonchev–Trinajstić information content (AvgIpc) is 2.37. The van der Waals surface area contributed by atoms with Crippen LogP contribution in [0, 0.1) is 11.8 Å². The fraction of sp³-hybridized carbons (Fsp3) is 0.533. The van der Waals surface area contributed by atoms with Gasteiger partial charge in [-0.2, -0.15) is 0 Å². The Labute approximate surface area is 119 Å². The molecule has 0 amide bonds. The molecule has 0 aliphatic heterocycles. The lowest BCUT2D eigenvalue weighted by atomic mass is 9.78. The molecule has 1 aliphatic carbocycles. The van der Waals surface area contributed by atoms with Crippen LogP contribution in [-0.2, 0) is 0 Å². The van der Waals surface area contributed by atoms with Gasteiger partial charge in [0.1, 0.15) is 0 Å². The van der Waals surface area contributed by atoms with Crippen molar-refractivity contribution in [3.63, 3.8) is 0 Å². The van der Waals surface area contributed by atoms with Crippen LogP contribution in [-0.4, -0.2) is 17.1 Å². The van der Waals surface area contributed by atoms with Gasteiger partial charge >= 0.3 is 5.97 Å². The van der Waals surface area contributed by atoms with Gasteiger partial charge in [-0.3, -0.25) is 0 Å². The molecule has 0 radical (unpaired) electrons. The summed E-state index contributed by atoms with van der Waals surface area (Å²) in [6, 6.07) is 5.52. The van der Waals surface area contributed by atoms with Crippen LogP contribution >= 0.6 is 11.6 Å². The number of nitrogens with one attached hydrogen (secondary N) is 1. The third kappa shape index (κ3) is 3.21. The van der Waals surface area contributed by atoms with E-state index in [1.807, 2.05) is 6.07 Å². The summed E-state index contributed by atoms with van der Waals surface area (Å²) < 4.78 is 0. The number of carbonyl (C=O) groups is 1. The lowest BCUT2D eigenvalue weighted by Gasteiger charge is -2.35. The van der Waals surface area contributed by atoms with Crippen LogP contribution in [0.3, 0.4) is 0 Å². The lowest BCUT2D eigenvalue weighted by Crippen LogP contribution is -2.35. The molecule has 0 spiro atoms. The van der Waals surface area contributed by atoms with Crippen molar-refractivity contribution in [2.24, 2.45) is 11.8 Å². The van der Waals surface area contributed by atoms with Crippen molar-refractivity contribution in [2.75, 3.05) is 5.32 Å². The molecule has 2 rings (SSSR count). The largest absolute Gasteiger partial charge is 0.478 e. The molecule has 2 N–H and O–H groups in total. The highest BCUT2D eigenvalue weighted by Gasteiger charge is 2.27. The molecule has 4 heteroatoms. The maximum atomic E-state index is 11.1. The van der Waals surface area contributed by atoms with E-state index in [1.165, 1.54) is 12.8 Å². The Hall–Kier alpha value is -1.22. The molecule has 0 saturated heterocycles. The quantitative estimate of drug-likeness (QED) is 0.870. The van der Waals surface area contributed by atoms with Gasteiger partial charge in [-0.15, -0.1) is 0 Å². The minimum atomic E-state index is -0.987. The first kappa shape index (κ1) is 14.2. The van der Waals surface area contributed by atoms with Crippen molar-refractivity contribution in [3.05, 3.63) is 28.8 Å². The minimum Gasteiger partial charge on any atom is -0.478 e. The summed E-state index contributed by atoms with van der Waals surface area (Å²) in [6.07, 6.45) is 3.64. The van der Waals surface area contributed by atoms with Crippen molar-refractivity contribution in [2.45, 2.75) is 39.2 Å². The zero-order valence-corrected chi connectivity index (χ0v) is 12.1. The molecule has 3 nitrogen and oxygen atoms in total. The first-order chi connectivity index (χ1) is 8.99. The number of halogens is 1. The Morgan fingerprint density at radius 2 is 2.11 bits per heavy atom. The highest BCUT2D eigenvalue weighted by atomic mass is 35.5. The molecule has 1 saturated carbocycles. The van der Waals surface area contributed by atoms with Crippen LogP contribution < -0.4 is 5.32 Å². The van der Waals surface area contributed by atoms with E-state index in [9.17, 15) is 4.79 Å². The first-order valence-corrected chi connectivity index (χ1v) is 7.16. The standard InChI is InChI=1S/C15H20ClNO2/c1-9-4-3-5-14(10(9)2)17-11-6-7-13(16)12(8-11)15(18)19/h6-10,14,17H,3-5H2,1-2H3,(H,18,19). The van der Waals surface area contributed by atoms with Crippen LogP contribution in [0.5, 0.6) is 0 Å². The number of aromatic carboxylic acids is 1. The molecule has 0 heterocycles. The first-order valence-electron chi connectivity index (χ1n) is 6.78. The van der Waals surface area contributed by atoms with Crippen molar-refractivity contribution in [1.29, 1.82) is 0 Å². The molecule has 0 bridgehead atoms. The van der Waals surface area contributed by atoms with Gasteiger partial charge < -0.3 is 10.4 Å². The maximum absolute atomic E-state index is 11.1. The summed E-state index contributed by atoms with van der Waals surface area (Å²) in [4.78, 5) is 11.1. The molecule has 3 unspecified atom stereocenters. The van der Waals surface area contributed by atoms with Gasteiger partial charge in [0.2, 0.25) is 0 Å². The Kier molecular flexibility index (Phi) is 4.35. The van der Waals surface area contributed by atoms with E-state index < -0.39 is 5.97 Å². The third-order valence-corrected chi connectivity index (χ3v) is 4.59. The molecular formula is C15H20ClNO2. The predicted molar refractivity (Wildman–Crippen MR) is 78.0 cm³/mol. The van der Waals surface area contributed by atoms with Crippen LogP contribution in [0.25, 0.3) is 0 Å². The van der Waals surface area contributed by atoms with Crippen LogP contribution in [0.1, 0.15) is 43.5 Å². The summed E-state index contributed by atoms with van der Waals surface area (Å²) in [6.45, 7) is 4.54. The maximum Gasteiger partial charge on any atom is 0.337 e. The van der Waals surface area contributed by atoms with E-state index in [0.717, 1.165) is 12.1 Å². The fourth-order valence-electron chi connectivity index (χ4n) is 2.78. The van der Waals surface area contributed by atoms with Crippen molar-refractivity contribution >= 4 is 23.3 Å². The zero-order valence-electron chi connectivity index (χ0n) is 11.3. The van der Waals surface area contributed by atoms with Gasteiger partial charge in [0.05, 0.1) is 10.6 Å². The van der Waals surface area contributed by atoms with E-state index in [-0.39, 0.29) is 10.6 Å². The van der Waals surface area contributed by atoms with Gasteiger partial charge in [0.15, 0.2) is 0 Å². The second kappa shape index (κ2) is 5.83. The molecule has 1 aromatic carbocycles. The predicted octanol–water partition coefficient (Wildman–Crippen LogP) is 4.27. The Morgan fingerprint density at radius 3 is 2.79 bits per heavy atom. The van der Waals surface area contributed by atoms with E-state index in [2.05, 4.69) is 19.2 Å². The van der Waals surface area contributed by atoms with Crippen LogP contribution in [0.15, 0.2) is 18.2 Å². The molecule has 1 aromatic rings. The van der Waals surface area contributed by atoms with Crippen LogP contribution in [0.2, 0.25) is 5.02 Å². The fourth-order valence-corrected chi connectivity index (χ4v) is 2.98. The SMILES string of the molecule is CC1CCCC(Nc2ccc(Cl)c(C(=O)O)c2)C1C. The van der Waals surface area contributed by atoms with Gasteiger partial charge in [-0.25, -0.2) is 4.79 Å². The number of carboxylic acid groups (broad SMARTS) is 1. The third-order valence-electron chi connectivity index (χ3n) is 4.26. The number of hydrogen-bond donors (Lipinski definition) is 2. The number of carboxylic acids is 1. The number of rotatable bonds is 3. The topological polar surface area (TPSA) is 49.3 Å². The minimum absolute atomic E-state index is 0.156. The molecule has 1 fully saturated rings. The summed E-state index contributed by atoms with van der Waals surface area (Å²) in [5, 5.41) is 12.8. The van der Waals surface area contributed by atoms with Gasteiger partial charge in [-0.05, 0) is 36.5 Å². The van der Waals surface area contributed by atoms with Gasteiger partial charge in [0, 0.05) is 11.7 Å². The molecule has 19 heavy (non-hydrogen) atoms. The van der Waals surface area contributed by atoms with E-state index in [0.29, 0.717) is 17.9 Å². The Balaban J connectivity index is 2.15. The summed E-state index contributed by atoms with van der Waals surface area (Å²) in [7, 11) is 0. The number of benzene rings is 1. The second-order valence-electron chi connectivity index (χ2n) is 5.52. The van der Waals surface area contributed by atoms with E-state index in [4.69, 9.17) is 16.7 Å².